The molecule has 1 N–H and O–H groups in total. The fraction of sp³-hybridized carbons (Fsp3) is 0.111. The Kier molecular flexibility index (Phi) is 2.17. The second-order valence-electron chi connectivity index (χ2n) is 2.96. The van der Waals surface area contributed by atoms with Gasteiger partial charge < -0.3 is 5.11 Å². The number of pyridine rings is 1. The van der Waals surface area contributed by atoms with Gasteiger partial charge in [-0.1, -0.05) is 6.07 Å². The van der Waals surface area contributed by atoms with Crippen molar-refractivity contribution in [1.82, 2.24) is 20.0 Å². The highest BCUT2D eigenvalue weighted by atomic mass is 16.4. The quantitative estimate of drug-likeness (QED) is 0.777. The predicted molar refractivity (Wildman–Crippen MR) is 50.9 cm³/mol. The molecule has 2 aromatic rings. The molecule has 0 spiro atoms. The van der Waals surface area contributed by atoms with Crippen LogP contribution in [0.5, 0.6) is 0 Å². The Bertz CT molecular complexity index is 506. The van der Waals surface area contributed by atoms with Crippen molar-refractivity contribution in [3.05, 3.63) is 35.8 Å². The number of hydrogen-bond acceptors (Lipinski definition) is 4. The molecule has 0 aromatic carbocycles. The summed E-state index contributed by atoms with van der Waals surface area (Å²) in [5, 5.41) is 16.2. The van der Waals surface area contributed by atoms with Gasteiger partial charge in [-0.05, 0) is 19.1 Å². The van der Waals surface area contributed by atoms with Crippen LogP contribution in [0.4, 0.5) is 0 Å². The lowest BCUT2D eigenvalue weighted by atomic mass is 10.4. The molecule has 0 radical (unpaired) electrons. The summed E-state index contributed by atoms with van der Waals surface area (Å²) in [6.45, 7) is 1.84. The Labute approximate surface area is 85.2 Å². The Morgan fingerprint density at radius 3 is 2.87 bits per heavy atom. The highest BCUT2D eigenvalue weighted by Crippen LogP contribution is 2.03. The first kappa shape index (κ1) is 9.32. The normalized spacial score (nSPS) is 10.2. The van der Waals surface area contributed by atoms with Crippen LogP contribution >= 0.6 is 0 Å². The van der Waals surface area contributed by atoms with E-state index in [9.17, 15) is 4.79 Å². The molecule has 0 aliphatic heterocycles. The van der Waals surface area contributed by atoms with Crippen molar-refractivity contribution in [3.8, 4) is 5.82 Å². The van der Waals surface area contributed by atoms with E-state index in [0.717, 1.165) is 5.69 Å². The first-order valence-corrected chi connectivity index (χ1v) is 4.26. The Morgan fingerprint density at radius 1 is 1.47 bits per heavy atom. The van der Waals surface area contributed by atoms with E-state index >= 15 is 0 Å². The highest BCUT2D eigenvalue weighted by molar-refractivity contribution is 5.84. The van der Waals surface area contributed by atoms with E-state index in [4.69, 9.17) is 5.11 Å². The zero-order chi connectivity index (χ0) is 10.8. The summed E-state index contributed by atoms with van der Waals surface area (Å²) in [5.74, 6) is -0.601. The molecule has 2 aromatic heterocycles. The molecule has 6 nitrogen and oxygen atoms in total. The van der Waals surface area contributed by atoms with Gasteiger partial charge >= 0.3 is 5.97 Å². The molecule has 0 bridgehead atoms. The number of aromatic carboxylic acids is 1. The average Bonchev–Trinajstić information content (AvgIpc) is 2.66. The van der Waals surface area contributed by atoms with E-state index in [0.29, 0.717) is 5.82 Å². The van der Waals surface area contributed by atoms with Gasteiger partial charge in [-0.25, -0.2) is 9.78 Å². The number of aromatic nitrogens is 4. The van der Waals surface area contributed by atoms with Crippen molar-refractivity contribution < 1.29 is 9.90 Å². The van der Waals surface area contributed by atoms with Crippen LogP contribution in [0, 0.1) is 6.92 Å². The van der Waals surface area contributed by atoms with Gasteiger partial charge in [0.25, 0.3) is 0 Å². The third-order valence-electron chi connectivity index (χ3n) is 1.79. The molecule has 76 valence electrons. The van der Waals surface area contributed by atoms with Crippen LogP contribution in [0.2, 0.25) is 0 Å². The van der Waals surface area contributed by atoms with Gasteiger partial charge in [0.1, 0.15) is 0 Å². The minimum absolute atomic E-state index is 0.0988. The van der Waals surface area contributed by atoms with E-state index < -0.39 is 5.97 Å². The molecule has 0 aliphatic rings. The Morgan fingerprint density at radius 2 is 2.27 bits per heavy atom. The molecule has 0 unspecified atom stereocenters. The SMILES string of the molecule is Cc1cccc(-n2ncc(C(=O)O)n2)n1. The molecule has 6 heteroatoms. The fourth-order valence-corrected chi connectivity index (χ4v) is 1.11. The maximum absolute atomic E-state index is 10.6. The molecule has 0 saturated carbocycles. The molecule has 2 heterocycles. The lowest BCUT2D eigenvalue weighted by Crippen LogP contribution is -2.04. The summed E-state index contributed by atoms with van der Waals surface area (Å²) < 4.78 is 0. The zero-order valence-electron chi connectivity index (χ0n) is 7.95. The summed E-state index contributed by atoms with van der Waals surface area (Å²) in [6.07, 6.45) is 1.19. The van der Waals surface area contributed by atoms with Crippen molar-refractivity contribution >= 4 is 5.97 Å². The van der Waals surface area contributed by atoms with E-state index in [1.807, 2.05) is 19.1 Å². The molecule has 15 heavy (non-hydrogen) atoms. The fourth-order valence-electron chi connectivity index (χ4n) is 1.11. The van der Waals surface area contributed by atoms with Gasteiger partial charge in [-0.2, -0.15) is 5.10 Å². The van der Waals surface area contributed by atoms with Crippen molar-refractivity contribution in [2.45, 2.75) is 6.92 Å². The lowest BCUT2D eigenvalue weighted by Gasteiger charge is -1.98. The summed E-state index contributed by atoms with van der Waals surface area (Å²) in [7, 11) is 0. The monoisotopic (exact) mass is 204 g/mol. The van der Waals surface area contributed by atoms with E-state index in [1.54, 1.807) is 6.07 Å². The van der Waals surface area contributed by atoms with E-state index in [1.165, 1.54) is 11.0 Å². The lowest BCUT2D eigenvalue weighted by molar-refractivity contribution is 0.0690. The topological polar surface area (TPSA) is 80.9 Å². The molecule has 0 saturated heterocycles. The van der Waals surface area contributed by atoms with Crippen LogP contribution < -0.4 is 0 Å². The Balaban J connectivity index is 2.41. The van der Waals surface area contributed by atoms with Crippen LogP contribution in [-0.4, -0.2) is 31.1 Å². The second kappa shape index (κ2) is 3.49. The van der Waals surface area contributed by atoms with Gasteiger partial charge in [-0.3, -0.25) is 0 Å². The van der Waals surface area contributed by atoms with Crippen molar-refractivity contribution in [3.63, 3.8) is 0 Å². The van der Waals surface area contributed by atoms with E-state index in [2.05, 4.69) is 15.2 Å². The minimum Gasteiger partial charge on any atom is -0.476 e. The molecular formula is C9H8N4O2. The average molecular weight is 204 g/mol. The first-order chi connectivity index (χ1) is 7.16. The van der Waals surface area contributed by atoms with Crippen molar-refractivity contribution in [2.75, 3.05) is 0 Å². The van der Waals surface area contributed by atoms with Crippen LogP contribution in [0.3, 0.4) is 0 Å². The largest absolute Gasteiger partial charge is 0.476 e. The highest BCUT2D eigenvalue weighted by Gasteiger charge is 2.09. The number of carbonyl (C=O) groups is 1. The zero-order valence-corrected chi connectivity index (χ0v) is 7.95. The smallest absolute Gasteiger partial charge is 0.358 e. The van der Waals surface area contributed by atoms with Gasteiger partial charge in [0.2, 0.25) is 0 Å². The van der Waals surface area contributed by atoms with E-state index in [-0.39, 0.29) is 5.69 Å². The third-order valence-corrected chi connectivity index (χ3v) is 1.79. The van der Waals surface area contributed by atoms with Crippen LogP contribution in [-0.2, 0) is 0 Å². The van der Waals surface area contributed by atoms with Gasteiger partial charge in [0.05, 0.1) is 6.20 Å². The number of nitrogens with zero attached hydrogens (tertiary/aromatic N) is 4. The van der Waals surface area contributed by atoms with Crippen LogP contribution in [0.25, 0.3) is 5.82 Å². The summed E-state index contributed by atoms with van der Waals surface area (Å²) in [4.78, 5) is 15.9. The van der Waals surface area contributed by atoms with Gasteiger partial charge in [0, 0.05) is 5.69 Å². The standard InChI is InChI=1S/C9H8N4O2/c1-6-3-2-4-8(11-6)13-10-5-7(12-13)9(14)15/h2-5H,1H3,(H,14,15). The molecular weight excluding hydrogens is 196 g/mol. The van der Waals surface area contributed by atoms with Crippen LogP contribution in [0.1, 0.15) is 16.2 Å². The third kappa shape index (κ3) is 1.83. The van der Waals surface area contributed by atoms with Gasteiger partial charge in [-0.15, -0.1) is 9.90 Å². The van der Waals surface area contributed by atoms with Crippen molar-refractivity contribution in [1.29, 1.82) is 0 Å². The molecule has 0 amide bonds. The first-order valence-electron chi connectivity index (χ1n) is 4.26. The minimum atomic E-state index is -1.10. The number of aryl methyl sites for hydroxylation is 1. The molecule has 0 fully saturated rings. The predicted octanol–water partition coefficient (Wildman–Crippen LogP) is 0.669. The van der Waals surface area contributed by atoms with Gasteiger partial charge in [0.15, 0.2) is 11.5 Å². The molecule has 0 atom stereocenters. The van der Waals surface area contributed by atoms with Crippen LogP contribution in [0.15, 0.2) is 24.4 Å². The maximum Gasteiger partial charge on any atom is 0.358 e. The summed E-state index contributed by atoms with van der Waals surface area (Å²) in [5.41, 5.74) is 0.722. The summed E-state index contributed by atoms with van der Waals surface area (Å²) >= 11 is 0. The maximum atomic E-state index is 10.6. The number of carboxylic acids is 1. The Hall–Kier alpha value is -2.24. The molecule has 2 rings (SSSR count). The number of carboxylic acid groups (broad SMARTS) is 1. The number of hydrogen-bond donors (Lipinski definition) is 1. The number of rotatable bonds is 2. The summed E-state index contributed by atoms with van der Waals surface area (Å²) in [6, 6.07) is 5.35. The molecule has 0 aliphatic carbocycles. The second-order valence-corrected chi connectivity index (χ2v) is 2.96. The van der Waals surface area contributed by atoms with Crippen molar-refractivity contribution in [2.24, 2.45) is 0 Å².